The normalized spacial score (nSPS) is 11.5. The molecule has 3 rings (SSSR count). The van der Waals surface area contributed by atoms with Gasteiger partial charge in [-0.1, -0.05) is 36.2 Å². The molecule has 24 heavy (non-hydrogen) atoms. The van der Waals surface area contributed by atoms with Gasteiger partial charge >= 0.3 is 0 Å². The Kier molecular flexibility index (Phi) is 4.40. The second-order valence-electron chi connectivity index (χ2n) is 7.40. The van der Waals surface area contributed by atoms with Gasteiger partial charge in [0, 0.05) is 16.6 Å². The molecule has 2 nitrogen and oxygen atoms in total. The van der Waals surface area contributed by atoms with Gasteiger partial charge in [-0.25, -0.2) is 0 Å². The predicted octanol–water partition coefficient (Wildman–Crippen LogP) is 4.85. The van der Waals surface area contributed by atoms with Crippen molar-refractivity contribution in [1.29, 1.82) is 0 Å². The molecule has 0 aliphatic carbocycles. The van der Waals surface area contributed by atoms with E-state index in [1.54, 1.807) is 0 Å². The van der Waals surface area contributed by atoms with E-state index in [1.165, 1.54) is 38.9 Å². The van der Waals surface area contributed by atoms with E-state index in [1.807, 2.05) is 11.7 Å². The second kappa shape index (κ2) is 6.35. The standard InChI is InChI=1S/C22H27N2/c1-14(2)9-18-7-8-21-19(12-18)13-22(24(6)23-21)20-11-15(3)10-16(4)17(20)5/h7-8,10-14H,9H2,1-6H3/q+1. The molecule has 0 saturated heterocycles. The summed E-state index contributed by atoms with van der Waals surface area (Å²) < 4.78 is 2.01. The van der Waals surface area contributed by atoms with Gasteiger partial charge in [-0.05, 0) is 68.0 Å². The Morgan fingerprint density at radius 2 is 1.75 bits per heavy atom. The minimum atomic E-state index is 0.663. The molecular weight excluding hydrogens is 292 g/mol. The fraction of sp³-hybridized carbons (Fsp3) is 0.364. The number of aromatic nitrogens is 2. The number of nitrogens with zero attached hydrogens (tertiary/aromatic N) is 2. The Labute approximate surface area is 145 Å². The first-order valence-electron chi connectivity index (χ1n) is 8.73. The largest absolute Gasteiger partial charge is 0.239 e. The van der Waals surface area contributed by atoms with E-state index in [0.717, 1.165) is 11.9 Å². The minimum Gasteiger partial charge on any atom is -0.0858 e. The van der Waals surface area contributed by atoms with E-state index in [9.17, 15) is 0 Å². The maximum Gasteiger partial charge on any atom is 0.239 e. The Morgan fingerprint density at radius 1 is 1.00 bits per heavy atom. The number of benzene rings is 2. The molecule has 0 aliphatic rings. The van der Waals surface area contributed by atoms with E-state index in [2.05, 4.69) is 71.0 Å². The van der Waals surface area contributed by atoms with E-state index in [4.69, 9.17) is 5.10 Å². The zero-order valence-corrected chi connectivity index (χ0v) is 15.6. The van der Waals surface area contributed by atoms with Crippen LogP contribution in [0.4, 0.5) is 0 Å². The lowest BCUT2D eigenvalue weighted by Crippen LogP contribution is -2.35. The second-order valence-corrected chi connectivity index (χ2v) is 7.40. The molecule has 0 atom stereocenters. The van der Waals surface area contributed by atoms with Crippen molar-refractivity contribution in [3.05, 3.63) is 58.7 Å². The molecule has 2 aromatic carbocycles. The van der Waals surface area contributed by atoms with Crippen LogP contribution in [0.25, 0.3) is 22.2 Å². The summed E-state index contributed by atoms with van der Waals surface area (Å²) in [6, 6.07) is 13.4. The summed E-state index contributed by atoms with van der Waals surface area (Å²) in [5.41, 5.74) is 8.84. The fourth-order valence-corrected chi connectivity index (χ4v) is 3.42. The molecule has 124 valence electrons. The topological polar surface area (TPSA) is 16.8 Å². The first-order valence-corrected chi connectivity index (χ1v) is 8.73. The van der Waals surface area contributed by atoms with Gasteiger partial charge in [0.05, 0.1) is 5.56 Å². The van der Waals surface area contributed by atoms with Crippen molar-refractivity contribution < 1.29 is 4.68 Å². The lowest BCUT2D eigenvalue weighted by atomic mass is 9.96. The summed E-state index contributed by atoms with van der Waals surface area (Å²) in [4.78, 5) is 0. The minimum absolute atomic E-state index is 0.663. The number of fused-ring (bicyclic) bond motifs is 1. The van der Waals surface area contributed by atoms with Crippen LogP contribution in [0.1, 0.15) is 36.1 Å². The van der Waals surface area contributed by atoms with Crippen LogP contribution in [0.3, 0.4) is 0 Å². The molecule has 0 saturated carbocycles. The first-order chi connectivity index (χ1) is 11.3. The zero-order chi connectivity index (χ0) is 17.4. The van der Waals surface area contributed by atoms with Crippen LogP contribution in [0.15, 0.2) is 36.4 Å². The van der Waals surface area contributed by atoms with Gasteiger partial charge in [-0.15, -0.1) is 0 Å². The monoisotopic (exact) mass is 319 g/mol. The SMILES string of the molecule is Cc1cc(C)c(C)c(-c2cc3cc(CC(C)C)ccc3n[n+]2C)c1. The Hall–Kier alpha value is -2.22. The lowest BCUT2D eigenvalue weighted by Gasteiger charge is -2.10. The Bertz CT molecular complexity index is 907. The van der Waals surface area contributed by atoms with Gasteiger partial charge in [0.1, 0.15) is 5.52 Å². The van der Waals surface area contributed by atoms with E-state index in [0.29, 0.717) is 5.92 Å². The van der Waals surface area contributed by atoms with Crippen molar-refractivity contribution >= 4 is 10.9 Å². The molecule has 3 aromatic rings. The summed E-state index contributed by atoms with van der Waals surface area (Å²) in [5, 5.41) is 6.01. The number of rotatable bonds is 3. The molecule has 0 N–H and O–H groups in total. The average Bonchev–Trinajstić information content (AvgIpc) is 2.50. The van der Waals surface area contributed by atoms with E-state index >= 15 is 0 Å². The number of aryl methyl sites for hydroxylation is 3. The van der Waals surface area contributed by atoms with Crippen molar-refractivity contribution in [3.8, 4) is 11.3 Å². The van der Waals surface area contributed by atoms with Crippen LogP contribution in [-0.4, -0.2) is 5.10 Å². The van der Waals surface area contributed by atoms with Crippen molar-refractivity contribution in [3.63, 3.8) is 0 Å². The van der Waals surface area contributed by atoms with Crippen molar-refractivity contribution in [2.24, 2.45) is 13.0 Å². The molecule has 0 fully saturated rings. The van der Waals surface area contributed by atoms with Gasteiger partial charge < -0.3 is 0 Å². The first kappa shape index (κ1) is 16.6. The van der Waals surface area contributed by atoms with Crippen LogP contribution < -0.4 is 4.68 Å². The molecule has 0 amide bonds. The molecule has 0 aliphatic heterocycles. The Morgan fingerprint density at radius 3 is 2.46 bits per heavy atom. The van der Waals surface area contributed by atoms with Crippen LogP contribution in [-0.2, 0) is 13.5 Å². The highest BCUT2D eigenvalue weighted by Gasteiger charge is 2.17. The summed E-state index contributed by atoms with van der Waals surface area (Å²) >= 11 is 0. The van der Waals surface area contributed by atoms with Crippen molar-refractivity contribution in [2.75, 3.05) is 0 Å². The fourth-order valence-electron chi connectivity index (χ4n) is 3.42. The molecule has 0 radical (unpaired) electrons. The summed E-state index contributed by atoms with van der Waals surface area (Å²) in [7, 11) is 2.04. The highest BCUT2D eigenvalue weighted by molar-refractivity contribution is 5.82. The quantitative estimate of drug-likeness (QED) is 0.631. The van der Waals surface area contributed by atoms with Crippen LogP contribution >= 0.6 is 0 Å². The maximum absolute atomic E-state index is 4.79. The highest BCUT2D eigenvalue weighted by atomic mass is 15.2. The average molecular weight is 319 g/mol. The summed E-state index contributed by atoms with van der Waals surface area (Å²) in [6.45, 7) is 11.1. The smallest absolute Gasteiger partial charge is 0.0858 e. The molecule has 0 bridgehead atoms. The molecular formula is C22H27N2+. The number of hydrogen-bond acceptors (Lipinski definition) is 1. The van der Waals surface area contributed by atoms with E-state index in [-0.39, 0.29) is 0 Å². The predicted molar refractivity (Wildman–Crippen MR) is 101 cm³/mol. The third-order valence-corrected chi connectivity index (χ3v) is 4.72. The van der Waals surface area contributed by atoms with Gasteiger partial charge in [0.2, 0.25) is 5.69 Å². The van der Waals surface area contributed by atoms with Gasteiger partial charge in [0.15, 0.2) is 7.05 Å². The molecule has 0 spiro atoms. The highest BCUT2D eigenvalue weighted by Crippen LogP contribution is 2.27. The zero-order valence-electron chi connectivity index (χ0n) is 15.6. The molecule has 1 heterocycles. The molecule has 0 unspecified atom stereocenters. The van der Waals surface area contributed by atoms with Gasteiger partial charge in [0.25, 0.3) is 0 Å². The number of hydrogen-bond donors (Lipinski definition) is 0. The third kappa shape index (κ3) is 3.19. The lowest BCUT2D eigenvalue weighted by molar-refractivity contribution is -0.718. The molecule has 1 aromatic heterocycles. The third-order valence-electron chi connectivity index (χ3n) is 4.72. The van der Waals surface area contributed by atoms with Gasteiger partial charge in [-0.2, -0.15) is 0 Å². The van der Waals surface area contributed by atoms with E-state index < -0.39 is 0 Å². The van der Waals surface area contributed by atoms with Crippen LogP contribution in [0, 0.1) is 26.7 Å². The molecule has 2 heteroatoms. The summed E-state index contributed by atoms with van der Waals surface area (Å²) in [6.07, 6.45) is 1.11. The Balaban J connectivity index is 2.19. The maximum atomic E-state index is 4.79. The van der Waals surface area contributed by atoms with Crippen molar-refractivity contribution in [1.82, 2.24) is 5.10 Å². The van der Waals surface area contributed by atoms with Gasteiger partial charge in [-0.3, -0.25) is 0 Å². The van der Waals surface area contributed by atoms with Crippen LogP contribution in [0.2, 0.25) is 0 Å². The van der Waals surface area contributed by atoms with Crippen LogP contribution in [0.5, 0.6) is 0 Å². The summed E-state index contributed by atoms with van der Waals surface area (Å²) in [5.74, 6) is 0.663. The van der Waals surface area contributed by atoms with Crippen molar-refractivity contribution in [2.45, 2.75) is 41.0 Å².